The molecule has 0 atom stereocenters. The van der Waals surface area contributed by atoms with Crippen LogP contribution in [0, 0.1) is 7.14 Å². The number of halogens is 2. The molecule has 0 aromatic heterocycles. The van der Waals surface area contributed by atoms with Crippen molar-refractivity contribution < 1.29 is 0 Å². The van der Waals surface area contributed by atoms with E-state index in [1.165, 1.54) is 34.2 Å². The molecule has 3 rings (SSSR count). The van der Waals surface area contributed by atoms with Crippen LogP contribution < -0.4 is 0 Å². The molecule has 0 aliphatic heterocycles. The lowest BCUT2D eigenvalue weighted by Crippen LogP contribution is -2.10. The summed E-state index contributed by atoms with van der Waals surface area (Å²) in [6.07, 6.45) is 0. The normalized spacial score (nSPS) is 12.2. The maximum absolute atomic E-state index is 2.49. The third kappa shape index (κ3) is 2.34. The van der Waals surface area contributed by atoms with Crippen molar-refractivity contribution in [3.8, 4) is 0 Å². The highest BCUT2D eigenvalue weighted by atomic mass is 127. The maximum Gasteiger partial charge on any atom is 0.0288 e. The molecule has 0 aliphatic rings. The van der Waals surface area contributed by atoms with Crippen LogP contribution >= 0.6 is 45.2 Å². The van der Waals surface area contributed by atoms with Gasteiger partial charge >= 0.3 is 0 Å². The van der Waals surface area contributed by atoms with Crippen LogP contribution in [0.2, 0.25) is 0 Å². The predicted molar refractivity (Wildman–Crippen MR) is 106 cm³/mol. The van der Waals surface area contributed by atoms with Crippen LogP contribution in [0.5, 0.6) is 0 Å². The highest BCUT2D eigenvalue weighted by molar-refractivity contribution is 14.1. The molecule has 0 saturated heterocycles. The molecule has 0 N–H and O–H groups in total. The SMILES string of the molecule is CC(C)(C)c1ccc2c(I)c3ccccc3c(I)c2c1. The van der Waals surface area contributed by atoms with Crippen LogP contribution in [0.25, 0.3) is 21.5 Å². The standard InChI is InChI=1S/C18H16I2/c1-18(2,3)11-8-9-14-15(10-11)17(20)13-7-5-4-6-12(13)16(14)19/h4-10H,1-3H3. The van der Waals surface area contributed by atoms with Crippen molar-refractivity contribution in [3.63, 3.8) is 0 Å². The maximum atomic E-state index is 2.49. The van der Waals surface area contributed by atoms with Crippen LogP contribution in [0.3, 0.4) is 0 Å². The summed E-state index contributed by atoms with van der Waals surface area (Å²) in [4.78, 5) is 0. The Balaban J connectivity index is 2.47. The van der Waals surface area contributed by atoms with Gasteiger partial charge in [-0.25, -0.2) is 0 Å². The molecule has 2 heteroatoms. The second-order valence-electron chi connectivity index (χ2n) is 6.18. The molecule has 0 nitrogen and oxygen atoms in total. The minimum absolute atomic E-state index is 0.189. The van der Waals surface area contributed by atoms with Crippen LogP contribution in [0.15, 0.2) is 42.5 Å². The topological polar surface area (TPSA) is 0 Å². The zero-order valence-corrected chi connectivity index (χ0v) is 16.1. The third-order valence-corrected chi connectivity index (χ3v) is 6.08. The molecule has 0 aliphatic carbocycles. The summed E-state index contributed by atoms with van der Waals surface area (Å²) < 4.78 is 2.72. The van der Waals surface area contributed by atoms with Crippen molar-refractivity contribution in [2.24, 2.45) is 0 Å². The summed E-state index contributed by atoms with van der Waals surface area (Å²) >= 11 is 4.98. The van der Waals surface area contributed by atoms with Gasteiger partial charge in [0.1, 0.15) is 0 Å². The van der Waals surface area contributed by atoms with E-state index >= 15 is 0 Å². The van der Waals surface area contributed by atoms with Crippen molar-refractivity contribution in [2.75, 3.05) is 0 Å². The van der Waals surface area contributed by atoms with Crippen LogP contribution in [-0.4, -0.2) is 0 Å². The number of rotatable bonds is 0. The van der Waals surface area contributed by atoms with E-state index in [2.05, 4.69) is 108 Å². The third-order valence-electron chi connectivity index (χ3n) is 3.76. The van der Waals surface area contributed by atoms with Crippen molar-refractivity contribution in [1.82, 2.24) is 0 Å². The molecule has 0 heterocycles. The van der Waals surface area contributed by atoms with Gasteiger partial charge < -0.3 is 0 Å². The lowest BCUT2D eigenvalue weighted by Gasteiger charge is -2.20. The van der Waals surface area contributed by atoms with E-state index in [0.717, 1.165) is 0 Å². The highest BCUT2D eigenvalue weighted by Gasteiger charge is 2.16. The van der Waals surface area contributed by atoms with E-state index in [1.807, 2.05) is 0 Å². The Kier molecular flexibility index (Phi) is 3.73. The molecule has 0 bridgehead atoms. The minimum Gasteiger partial charge on any atom is -0.0616 e. The zero-order chi connectivity index (χ0) is 14.5. The summed E-state index contributed by atoms with van der Waals surface area (Å²) in [6.45, 7) is 6.81. The monoisotopic (exact) mass is 486 g/mol. The first-order valence-corrected chi connectivity index (χ1v) is 8.85. The van der Waals surface area contributed by atoms with Gasteiger partial charge in [0.05, 0.1) is 0 Å². The molecule has 0 radical (unpaired) electrons. The molecule has 3 aromatic carbocycles. The smallest absolute Gasteiger partial charge is 0.0288 e. The zero-order valence-electron chi connectivity index (χ0n) is 11.8. The molecule has 3 aromatic rings. The molecule has 0 fully saturated rings. The Bertz CT molecular complexity index is 811. The fraction of sp³-hybridized carbons (Fsp3) is 0.222. The van der Waals surface area contributed by atoms with Crippen molar-refractivity contribution in [1.29, 1.82) is 0 Å². The van der Waals surface area contributed by atoms with Crippen LogP contribution in [0.1, 0.15) is 26.3 Å². The van der Waals surface area contributed by atoms with Crippen LogP contribution in [-0.2, 0) is 5.41 Å². The van der Waals surface area contributed by atoms with Gasteiger partial charge in [-0.3, -0.25) is 0 Å². The first-order chi connectivity index (χ1) is 9.39. The minimum atomic E-state index is 0.189. The number of hydrogen-bond acceptors (Lipinski definition) is 0. The van der Waals surface area contributed by atoms with E-state index in [-0.39, 0.29) is 5.41 Å². The Morgan fingerprint density at radius 2 is 1.20 bits per heavy atom. The molecule has 0 spiro atoms. The Labute approximate surface area is 147 Å². The first kappa shape index (κ1) is 14.6. The van der Waals surface area contributed by atoms with Crippen LogP contribution in [0.4, 0.5) is 0 Å². The number of benzene rings is 3. The summed E-state index contributed by atoms with van der Waals surface area (Å²) in [7, 11) is 0. The van der Waals surface area contributed by atoms with Crippen molar-refractivity contribution in [3.05, 3.63) is 55.2 Å². The van der Waals surface area contributed by atoms with Gasteiger partial charge in [0.25, 0.3) is 0 Å². The average molecular weight is 486 g/mol. The fourth-order valence-corrected chi connectivity index (χ4v) is 4.40. The Hall–Kier alpha value is -0.360. The highest BCUT2D eigenvalue weighted by Crippen LogP contribution is 2.36. The van der Waals surface area contributed by atoms with Crippen molar-refractivity contribution >= 4 is 66.7 Å². The van der Waals surface area contributed by atoms with Gasteiger partial charge in [-0.15, -0.1) is 0 Å². The molecule has 0 unspecified atom stereocenters. The number of hydrogen-bond donors (Lipinski definition) is 0. The molecule has 0 saturated carbocycles. The summed E-state index contributed by atoms with van der Waals surface area (Å²) in [5.74, 6) is 0. The predicted octanol–water partition coefficient (Wildman–Crippen LogP) is 6.50. The lowest BCUT2D eigenvalue weighted by molar-refractivity contribution is 0.591. The second kappa shape index (κ2) is 5.13. The molecule has 0 amide bonds. The van der Waals surface area contributed by atoms with Crippen molar-refractivity contribution in [2.45, 2.75) is 26.2 Å². The van der Waals surface area contributed by atoms with E-state index < -0.39 is 0 Å². The van der Waals surface area contributed by atoms with Gasteiger partial charge in [-0.05, 0) is 83.8 Å². The van der Waals surface area contributed by atoms with Gasteiger partial charge in [0.15, 0.2) is 0 Å². The van der Waals surface area contributed by atoms with E-state index in [9.17, 15) is 0 Å². The van der Waals surface area contributed by atoms with Gasteiger partial charge in [-0.2, -0.15) is 0 Å². The van der Waals surface area contributed by atoms with E-state index in [1.54, 1.807) is 0 Å². The Morgan fingerprint density at radius 3 is 1.75 bits per heavy atom. The van der Waals surface area contributed by atoms with E-state index in [4.69, 9.17) is 0 Å². The van der Waals surface area contributed by atoms with Gasteiger partial charge in [-0.1, -0.05) is 57.2 Å². The van der Waals surface area contributed by atoms with Gasteiger partial charge in [0.2, 0.25) is 0 Å². The number of fused-ring (bicyclic) bond motifs is 2. The molecular weight excluding hydrogens is 470 g/mol. The second-order valence-corrected chi connectivity index (χ2v) is 8.34. The molecule has 20 heavy (non-hydrogen) atoms. The summed E-state index contributed by atoms with van der Waals surface area (Å²) in [5, 5.41) is 5.45. The summed E-state index contributed by atoms with van der Waals surface area (Å²) in [6, 6.07) is 15.6. The fourth-order valence-electron chi connectivity index (χ4n) is 2.54. The Morgan fingerprint density at radius 1 is 0.700 bits per heavy atom. The van der Waals surface area contributed by atoms with E-state index in [0.29, 0.717) is 0 Å². The largest absolute Gasteiger partial charge is 0.0616 e. The molecular formula is C18H16I2. The lowest BCUT2D eigenvalue weighted by atomic mass is 9.85. The summed E-state index contributed by atoms with van der Waals surface area (Å²) in [5.41, 5.74) is 1.59. The molecule has 102 valence electrons. The average Bonchev–Trinajstić information content (AvgIpc) is 2.43. The quantitative estimate of drug-likeness (QED) is 0.252. The van der Waals surface area contributed by atoms with Gasteiger partial charge in [0, 0.05) is 7.14 Å². The first-order valence-electron chi connectivity index (χ1n) is 6.69.